The summed E-state index contributed by atoms with van der Waals surface area (Å²) in [7, 11) is 4.19. The number of carbonyl (C=O) groups excluding carboxylic acids is 1. The van der Waals surface area contributed by atoms with E-state index in [2.05, 4.69) is 29.3 Å². The van der Waals surface area contributed by atoms with E-state index in [0.29, 0.717) is 17.2 Å². The lowest BCUT2D eigenvalue weighted by Gasteiger charge is -2.38. The SMILES string of the molecule is Cc1cc(C)c(CNC(=O)c2cc(C)c3c(c2F)OC(C2CCC(N(C)C)CC2)OC3)c(=O)[nH]1. The van der Waals surface area contributed by atoms with Gasteiger partial charge in [-0.2, -0.15) is 0 Å². The van der Waals surface area contributed by atoms with Crippen LogP contribution in [0.2, 0.25) is 0 Å². The zero-order chi connectivity index (χ0) is 24.6. The minimum atomic E-state index is -0.678. The minimum Gasteiger partial charge on any atom is -0.461 e. The number of hydrogen-bond acceptors (Lipinski definition) is 5. The molecule has 1 aliphatic heterocycles. The molecule has 1 atom stereocenters. The smallest absolute Gasteiger partial charge is 0.254 e. The van der Waals surface area contributed by atoms with Crippen molar-refractivity contribution in [2.75, 3.05) is 14.1 Å². The number of halogens is 1. The molecule has 0 radical (unpaired) electrons. The summed E-state index contributed by atoms with van der Waals surface area (Å²) in [6.45, 7) is 5.70. The lowest BCUT2D eigenvalue weighted by molar-refractivity contribution is -0.150. The number of nitrogens with zero attached hydrogens (tertiary/aromatic N) is 1. The topological polar surface area (TPSA) is 83.7 Å². The van der Waals surface area contributed by atoms with Crippen LogP contribution in [0.5, 0.6) is 5.75 Å². The molecule has 1 saturated carbocycles. The molecule has 1 amide bonds. The fourth-order valence-corrected chi connectivity index (χ4v) is 5.07. The Morgan fingerprint density at radius 2 is 1.85 bits per heavy atom. The predicted molar refractivity (Wildman–Crippen MR) is 127 cm³/mol. The van der Waals surface area contributed by atoms with Gasteiger partial charge >= 0.3 is 0 Å². The van der Waals surface area contributed by atoms with E-state index in [1.807, 2.05) is 19.9 Å². The van der Waals surface area contributed by atoms with Gasteiger partial charge in [-0.15, -0.1) is 0 Å². The normalized spacial score (nSPS) is 22.3. The van der Waals surface area contributed by atoms with Crippen LogP contribution >= 0.6 is 0 Å². The third kappa shape index (κ3) is 4.88. The van der Waals surface area contributed by atoms with Gasteiger partial charge in [0.25, 0.3) is 11.5 Å². The molecule has 1 unspecified atom stereocenters. The molecule has 0 saturated heterocycles. The molecule has 0 spiro atoms. The van der Waals surface area contributed by atoms with E-state index in [4.69, 9.17) is 9.47 Å². The molecule has 0 bridgehead atoms. The van der Waals surface area contributed by atoms with Gasteiger partial charge in [-0.25, -0.2) is 4.39 Å². The highest BCUT2D eigenvalue weighted by Crippen LogP contribution is 2.39. The molecule has 2 heterocycles. The van der Waals surface area contributed by atoms with E-state index in [-0.39, 0.29) is 35.9 Å². The standard InChI is InChI=1S/C26H34FN3O4/c1-14-10-16(3)29-25(32)20(14)12-28-24(31)19-11-15(2)21-13-33-26(34-23(21)22(19)27)17-6-8-18(9-7-17)30(4)5/h10-11,17-18,26H,6-9,12-13H2,1-5H3,(H,28,31)(H,29,32). The molecular formula is C26H34FN3O4. The second-order valence-corrected chi connectivity index (χ2v) is 9.82. The maximum Gasteiger partial charge on any atom is 0.254 e. The van der Waals surface area contributed by atoms with Crippen molar-refractivity contribution in [2.45, 2.75) is 71.9 Å². The summed E-state index contributed by atoms with van der Waals surface area (Å²) < 4.78 is 27.5. The maximum absolute atomic E-state index is 15.5. The molecular weight excluding hydrogens is 437 g/mol. The monoisotopic (exact) mass is 471 g/mol. The number of pyridine rings is 1. The number of nitrogens with one attached hydrogen (secondary N) is 2. The molecule has 34 heavy (non-hydrogen) atoms. The molecule has 1 fully saturated rings. The number of benzene rings is 1. The van der Waals surface area contributed by atoms with Crippen LogP contribution in [0.1, 0.15) is 64.0 Å². The molecule has 4 rings (SSSR count). The molecule has 1 aromatic carbocycles. The van der Waals surface area contributed by atoms with Crippen LogP contribution in [-0.2, 0) is 17.9 Å². The Labute approximate surface area is 199 Å². The number of carbonyl (C=O) groups is 1. The molecule has 184 valence electrons. The maximum atomic E-state index is 15.5. The van der Waals surface area contributed by atoms with Crippen molar-refractivity contribution in [1.29, 1.82) is 0 Å². The van der Waals surface area contributed by atoms with Gasteiger partial charge in [0, 0.05) is 35.3 Å². The van der Waals surface area contributed by atoms with Crippen molar-refractivity contribution in [3.63, 3.8) is 0 Å². The highest BCUT2D eigenvalue weighted by Gasteiger charge is 2.35. The van der Waals surface area contributed by atoms with Gasteiger partial charge in [0.15, 0.2) is 11.6 Å². The van der Waals surface area contributed by atoms with Crippen LogP contribution in [0.15, 0.2) is 16.9 Å². The largest absolute Gasteiger partial charge is 0.461 e. The lowest BCUT2D eigenvalue weighted by Crippen LogP contribution is -2.40. The van der Waals surface area contributed by atoms with Crippen molar-refractivity contribution in [3.8, 4) is 5.75 Å². The first-order chi connectivity index (χ1) is 16.2. The minimum absolute atomic E-state index is 0.0115. The van der Waals surface area contributed by atoms with E-state index >= 15 is 4.39 Å². The number of ether oxygens (including phenoxy) is 2. The van der Waals surface area contributed by atoms with Gasteiger partial charge in [-0.3, -0.25) is 9.59 Å². The fourth-order valence-electron chi connectivity index (χ4n) is 5.07. The van der Waals surface area contributed by atoms with Crippen LogP contribution in [0.4, 0.5) is 4.39 Å². The summed E-state index contributed by atoms with van der Waals surface area (Å²) in [5, 5.41) is 2.69. The highest BCUT2D eigenvalue weighted by atomic mass is 19.1. The van der Waals surface area contributed by atoms with E-state index in [1.165, 1.54) is 6.07 Å². The third-order valence-corrected chi connectivity index (χ3v) is 7.19. The van der Waals surface area contributed by atoms with E-state index in [9.17, 15) is 9.59 Å². The van der Waals surface area contributed by atoms with E-state index < -0.39 is 18.0 Å². The molecule has 8 heteroatoms. The molecule has 1 aromatic heterocycles. The zero-order valence-electron chi connectivity index (χ0n) is 20.6. The number of rotatable bonds is 5. The predicted octanol–water partition coefficient (Wildman–Crippen LogP) is 3.72. The third-order valence-electron chi connectivity index (χ3n) is 7.19. The summed E-state index contributed by atoms with van der Waals surface area (Å²) in [5.74, 6) is -0.956. The van der Waals surface area contributed by atoms with Gasteiger partial charge in [-0.1, -0.05) is 0 Å². The zero-order valence-corrected chi connectivity index (χ0v) is 20.6. The number of amides is 1. The lowest BCUT2D eigenvalue weighted by atomic mass is 9.85. The van der Waals surface area contributed by atoms with Crippen LogP contribution in [0, 0.1) is 32.5 Å². The Morgan fingerprint density at radius 1 is 1.15 bits per heavy atom. The Hall–Kier alpha value is -2.71. The Morgan fingerprint density at radius 3 is 2.50 bits per heavy atom. The van der Waals surface area contributed by atoms with Crippen molar-refractivity contribution in [1.82, 2.24) is 15.2 Å². The summed E-state index contributed by atoms with van der Waals surface area (Å²) in [4.78, 5) is 30.1. The van der Waals surface area contributed by atoms with Gasteiger partial charge in [-0.05, 0) is 83.8 Å². The Balaban J connectivity index is 1.50. The highest BCUT2D eigenvalue weighted by molar-refractivity contribution is 5.95. The number of H-pyrrole nitrogens is 1. The van der Waals surface area contributed by atoms with Crippen molar-refractivity contribution < 1.29 is 18.7 Å². The summed E-state index contributed by atoms with van der Waals surface area (Å²) >= 11 is 0. The van der Waals surface area contributed by atoms with Crippen LogP contribution in [-0.4, -0.2) is 42.2 Å². The van der Waals surface area contributed by atoms with Crippen molar-refractivity contribution >= 4 is 5.91 Å². The molecule has 2 N–H and O–H groups in total. The fraction of sp³-hybridized carbons (Fsp3) is 0.538. The molecule has 2 aliphatic rings. The average Bonchev–Trinajstić information content (AvgIpc) is 2.80. The molecule has 2 aromatic rings. The van der Waals surface area contributed by atoms with Gasteiger partial charge in [0.1, 0.15) is 0 Å². The second kappa shape index (κ2) is 9.88. The van der Waals surface area contributed by atoms with Gasteiger partial charge in [0.2, 0.25) is 6.29 Å². The van der Waals surface area contributed by atoms with Crippen LogP contribution in [0.25, 0.3) is 0 Å². The Bertz CT molecular complexity index is 1140. The second-order valence-electron chi connectivity index (χ2n) is 9.82. The first-order valence-electron chi connectivity index (χ1n) is 11.9. The Kier molecular flexibility index (Phi) is 7.09. The first kappa shape index (κ1) is 24.4. The van der Waals surface area contributed by atoms with Gasteiger partial charge < -0.3 is 24.7 Å². The van der Waals surface area contributed by atoms with Gasteiger partial charge in [0.05, 0.1) is 12.2 Å². The molecule has 7 nitrogen and oxygen atoms in total. The number of fused-ring (bicyclic) bond motifs is 1. The quantitative estimate of drug-likeness (QED) is 0.694. The van der Waals surface area contributed by atoms with Crippen LogP contribution in [0.3, 0.4) is 0 Å². The van der Waals surface area contributed by atoms with Crippen molar-refractivity contribution in [3.05, 3.63) is 61.8 Å². The van der Waals surface area contributed by atoms with E-state index in [1.54, 1.807) is 6.92 Å². The van der Waals surface area contributed by atoms with Crippen molar-refractivity contribution in [2.24, 2.45) is 5.92 Å². The number of hydrogen-bond donors (Lipinski definition) is 2. The number of aryl methyl sites for hydroxylation is 3. The summed E-state index contributed by atoms with van der Waals surface area (Å²) in [6, 6.07) is 3.91. The average molecular weight is 472 g/mol. The first-order valence-corrected chi connectivity index (χ1v) is 11.9. The van der Waals surface area contributed by atoms with Crippen LogP contribution < -0.4 is 15.6 Å². The van der Waals surface area contributed by atoms with E-state index in [0.717, 1.165) is 42.5 Å². The number of aromatic nitrogens is 1. The number of aromatic amines is 1. The molecule has 1 aliphatic carbocycles. The summed E-state index contributed by atoms with van der Waals surface area (Å²) in [6.07, 6.45) is 3.49. The summed E-state index contributed by atoms with van der Waals surface area (Å²) in [5.41, 5.74) is 3.00.